The van der Waals surface area contributed by atoms with Crippen LogP contribution in [0.25, 0.3) is 10.9 Å². The minimum Gasteiger partial charge on any atom is -0.361 e. The Morgan fingerprint density at radius 3 is 2.81 bits per heavy atom. The third kappa shape index (κ3) is 6.68. The molecule has 3 aromatic rings. The molecule has 0 radical (unpaired) electrons. The van der Waals surface area contributed by atoms with E-state index < -0.39 is 0 Å². The number of aliphatic imine (C=N–C) groups is 1. The maximum Gasteiger partial charge on any atom is 0.190 e. The van der Waals surface area contributed by atoms with Gasteiger partial charge < -0.3 is 20.5 Å². The Hall–Kier alpha value is -2.13. The molecule has 1 unspecified atom stereocenters. The van der Waals surface area contributed by atoms with Crippen molar-refractivity contribution in [3.8, 4) is 0 Å². The molecule has 0 spiro atoms. The van der Waals surface area contributed by atoms with Crippen molar-refractivity contribution >= 4 is 40.8 Å². The van der Waals surface area contributed by atoms with E-state index in [0.717, 1.165) is 55.9 Å². The third-order valence-corrected chi connectivity index (χ3v) is 6.13. The molecule has 172 valence electrons. The number of fused-ring (bicyclic) bond motifs is 1. The Morgan fingerprint density at radius 2 is 2.00 bits per heavy atom. The molecule has 0 amide bonds. The largest absolute Gasteiger partial charge is 0.361 e. The Morgan fingerprint density at radius 1 is 1.16 bits per heavy atom. The van der Waals surface area contributed by atoms with Crippen molar-refractivity contribution in [1.29, 1.82) is 0 Å². The summed E-state index contributed by atoms with van der Waals surface area (Å²) in [4.78, 5) is 10.1. The molecule has 1 saturated heterocycles. The van der Waals surface area contributed by atoms with Crippen LogP contribution in [0, 0.1) is 11.7 Å². The highest BCUT2D eigenvalue weighted by atomic mass is 127. The second-order valence-electron chi connectivity index (χ2n) is 8.32. The standard InChI is InChI=1S/C25H32FN5.HI/c1-27-25(28-12-9-21-17-29-24-15-22(26)7-8-23(21)24)30-16-20-11-14-31(18-20)13-10-19-5-3-2-4-6-19;/h2-8,15,17,20,29H,9-14,16,18H2,1H3,(H2,27,28,30);1H. The van der Waals surface area contributed by atoms with Crippen LogP contribution in [0.5, 0.6) is 0 Å². The van der Waals surface area contributed by atoms with E-state index in [1.54, 1.807) is 0 Å². The maximum absolute atomic E-state index is 13.3. The minimum atomic E-state index is -0.214. The van der Waals surface area contributed by atoms with Crippen molar-refractivity contribution < 1.29 is 4.39 Å². The molecule has 5 nitrogen and oxygen atoms in total. The second-order valence-corrected chi connectivity index (χ2v) is 8.32. The summed E-state index contributed by atoms with van der Waals surface area (Å²) in [5, 5.41) is 7.96. The normalized spacial score (nSPS) is 16.8. The van der Waals surface area contributed by atoms with Gasteiger partial charge in [-0.15, -0.1) is 24.0 Å². The molecule has 0 saturated carbocycles. The molecule has 2 heterocycles. The van der Waals surface area contributed by atoms with Crippen molar-refractivity contribution in [3.05, 3.63) is 71.7 Å². The van der Waals surface area contributed by atoms with Gasteiger partial charge in [-0.3, -0.25) is 4.99 Å². The Balaban J connectivity index is 0.00000289. The number of rotatable bonds is 8. The topological polar surface area (TPSA) is 55.5 Å². The van der Waals surface area contributed by atoms with Crippen molar-refractivity contribution in [2.45, 2.75) is 19.3 Å². The van der Waals surface area contributed by atoms with Gasteiger partial charge in [0.1, 0.15) is 5.82 Å². The van der Waals surface area contributed by atoms with Crippen LogP contribution in [0.1, 0.15) is 17.5 Å². The molecule has 1 atom stereocenters. The molecule has 4 rings (SSSR count). The number of nitrogens with zero attached hydrogens (tertiary/aromatic N) is 2. The molecule has 0 bridgehead atoms. The monoisotopic (exact) mass is 549 g/mol. The molecule has 1 aromatic heterocycles. The SMILES string of the molecule is CN=C(NCCc1c[nH]c2cc(F)ccc12)NCC1CCN(CCc2ccccc2)C1.I. The predicted molar refractivity (Wildman–Crippen MR) is 141 cm³/mol. The van der Waals surface area contributed by atoms with Gasteiger partial charge in [-0.25, -0.2) is 4.39 Å². The second kappa shape index (κ2) is 12.2. The Bertz CT molecular complexity index is 1000. The van der Waals surface area contributed by atoms with Crippen molar-refractivity contribution in [3.63, 3.8) is 0 Å². The zero-order valence-electron chi connectivity index (χ0n) is 18.6. The first kappa shape index (κ1) is 24.5. The fourth-order valence-corrected chi connectivity index (χ4v) is 4.36. The number of benzene rings is 2. The van der Waals surface area contributed by atoms with E-state index in [0.29, 0.717) is 5.92 Å². The molecule has 0 aliphatic carbocycles. The number of hydrogen-bond donors (Lipinski definition) is 3. The quantitative estimate of drug-likeness (QED) is 0.225. The number of aromatic nitrogens is 1. The average molecular weight is 549 g/mol. The fourth-order valence-electron chi connectivity index (χ4n) is 4.36. The van der Waals surface area contributed by atoms with Crippen LogP contribution in [0.2, 0.25) is 0 Å². The van der Waals surface area contributed by atoms with Gasteiger partial charge in [-0.2, -0.15) is 0 Å². The summed E-state index contributed by atoms with van der Waals surface area (Å²) in [5.74, 6) is 1.28. The van der Waals surface area contributed by atoms with E-state index in [9.17, 15) is 4.39 Å². The van der Waals surface area contributed by atoms with Crippen LogP contribution in [0.4, 0.5) is 4.39 Å². The molecule has 7 heteroatoms. The van der Waals surface area contributed by atoms with E-state index in [1.807, 2.05) is 19.3 Å². The molecular formula is C25H33FIN5. The number of H-pyrrole nitrogens is 1. The van der Waals surface area contributed by atoms with Gasteiger partial charge in [-0.05, 0) is 61.1 Å². The zero-order valence-corrected chi connectivity index (χ0v) is 20.9. The summed E-state index contributed by atoms with van der Waals surface area (Å²) in [6.45, 7) is 5.16. The first-order valence-electron chi connectivity index (χ1n) is 11.2. The van der Waals surface area contributed by atoms with E-state index in [-0.39, 0.29) is 29.8 Å². The number of likely N-dealkylation sites (tertiary alicyclic amines) is 1. The van der Waals surface area contributed by atoms with Gasteiger partial charge in [-0.1, -0.05) is 30.3 Å². The average Bonchev–Trinajstić information content (AvgIpc) is 3.42. The number of aromatic amines is 1. The highest BCUT2D eigenvalue weighted by Crippen LogP contribution is 2.19. The summed E-state index contributed by atoms with van der Waals surface area (Å²) >= 11 is 0. The lowest BCUT2D eigenvalue weighted by Crippen LogP contribution is -2.41. The van der Waals surface area contributed by atoms with E-state index in [2.05, 4.69) is 55.8 Å². The smallest absolute Gasteiger partial charge is 0.190 e. The number of guanidine groups is 1. The van der Waals surface area contributed by atoms with Crippen LogP contribution in [0.15, 0.2) is 59.7 Å². The van der Waals surface area contributed by atoms with E-state index >= 15 is 0 Å². The lowest BCUT2D eigenvalue weighted by atomic mass is 10.1. The van der Waals surface area contributed by atoms with Gasteiger partial charge in [0, 0.05) is 50.3 Å². The molecule has 1 aliphatic heterocycles. The van der Waals surface area contributed by atoms with Gasteiger partial charge in [0.05, 0.1) is 0 Å². The van der Waals surface area contributed by atoms with Crippen molar-refractivity contribution in [2.75, 3.05) is 39.8 Å². The number of hydrogen-bond acceptors (Lipinski definition) is 2. The first-order valence-corrected chi connectivity index (χ1v) is 11.2. The summed E-state index contributed by atoms with van der Waals surface area (Å²) in [6.07, 6.45) is 5.16. The maximum atomic E-state index is 13.3. The lowest BCUT2D eigenvalue weighted by molar-refractivity contribution is 0.328. The fraction of sp³-hybridized carbons (Fsp3) is 0.400. The zero-order chi connectivity index (χ0) is 21.5. The van der Waals surface area contributed by atoms with Gasteiger partial charge in [0.25, 0.3) is 0 Å². The summed E-state index contributed by atoms with van der Waals surface area (Å²) in [7, 11) is 1.81. The van der Waals surface area contributed by atoms with Gasteiger partial charge in [0.2, 0.25) is 0 Å². The van der Waals surface area contributed by atoms with Crippen LogP contribution in [-0.4, -0.2) is 55.6 Å². The first-order chi connectivity index (χ1) is 15.2. The summed E-state index contributed by atoms with van der Waals surface area (Å²) < 4.78 is 13.3. The van der Waals surface area contributed by atoms with Crippen LogP contribution >= 0.6 is 24.0 Å². The Kier molecular flexibility index (Phi) is 9.35. The molecule has 32 heavy (non-hydrogen) atoms. The predicted octanol–water partition coefficient (Wildman–Crippen LogP) is 4.20. The molecule has 3 N–H and O–H groups in total. The number of nitrogens with one attached hydrogen (secondary N) is 3. The van der Waals surface area contributed by atoms with Crippen LogP contribution in [0.3, 0.4) is 0 Å². The van der Waals surface area contributed by atoms with E-state index in [1.165, 1.54) is 36.2 Å². The molecule has 1 fully saturated rings. The van der Waals surface area contributed by atoms with Crippen molar-refractivity contribution in [1.82, 2.24) is 20.5 Å². The highest BCUT2D eigenvalue weighted by molar-refractivity contribution is 14.0. The molecule has 1 aliphatic rings. The van der Waals surface area contributed by atoms with Crippen LogP contribution in [-0.2, 0) is 12.8 Å². The molecule has 2 aromatic carbocycles. The summed E-state index contributed by atoms with van der Waals surface area (Å²) in [6, 6.07) is 15.6. The third-order valence-electron chi connectivity index (χ3n) is 6.13. The highest BCUT2D eigenvalue weighted by Gasteiger charge is 2.22. The number of halogens is 2. The molecular weight excluding hydrogens is 516 g/mol. The van der Waals surface area contributed by atoms with Crippen molar-refractivity contribution in [2.24, 2.45) is 10.9 Å². The van der Waals surface area contributed by atoms with Gasteiger partial charge in [0.15, 0.2) is 5.96 Å². The summed E-state index contributed by atoms with van der Waals surface area (Å²) in [5.41, 5.74) is 3.44. The minimum absolute atomic E-state index is 0. The van der Waals surface area contributed by atoms with Gasteiger partial charge >= 0.3 is 0 Å². The van der Waals surface area contributed by atoms with E-state index in [4.69, 9.17) is 0 Å². The Labute approximate surface area is 206 Å². The van der Waals surface area contributed by atoms with Crippen LogP contribution < -0.4 is 10.6 Å². The lowest BCUT2D eigenvalue weighted by Gasteiger charge is -2.17.